The first-order chi connectivity index (χ1) is 17.1. The van der Waals surface area contributed by atoms with E-state index < -0.39 is 10.0 Å². The molecule has 3 heterocycles. The lowest BCUT2D eigenvalue weighted by Gasteiger charge is -2.32. The zero-order valence-corrected chi connectivity index (χ0v) is 22.1. The molecule has 1 aliphatic rings. The van der Waals surface area contributed by atoms with Crippen molar-refractivity contribution < 1.29 is 17.9 Å². The van der Waals surface area contributed by atoms with E-state index in [-0.39, 0.29) is 16.8 Å². The summed E-state index contributed by atoms with van der Waals surface area (Å²) in [5.74, 6) is 0.765. The molecule has 36 heavy (non-hydrogen) atoms. The molecule has 190 valence electrons. The number of piperidine rings is 1. The molecule has 0 unspecified atom stereocenters. The lowest BCUT2D eigenvalue weighted by atomic mass is 9.98. The topological polar surface area (TPSA) is 101 Å². The number of aryl methyl sites for hydroxylation is 2. The van der Waals surface area contributed by atoms with E-state index in [0.29, 0.717) is 42.1 Å². The summed E-state index contributed by atoms with van der Waals surface area (Å²) in [6.45, 7) is 7.15. The van der Waals surface area contributed by atoms with Gasteiger partial charge in [0, 0.05) is 25.6 Å². The lowest BCUT2D eigenvalue weighted by molar-refractivity contribution is -0.142. The minimum atomic E-state index is -3.99. The van der Waals surface area contributed by atoms with Gasteiger partial charge in [-0.05, 0) is 68.0 Å². The van der Waals surface area contributed by atoms with Gasteiger partial charge in [-0.1, -0.05) is 35.9 Å². The van der Waals surface area contributed by atoms with Gasteiger partial charge in [0.15, 0.2) is 5.03 Å². The van der Waals surface area contributed by atoms with Gasteiger partial charge < -0.3 is 9.64 Å². The Kier molecular flexibility index (Phi) is 7.80. The molecule has 3 aromatic rings. The molecule has 0 spiro atoms. The minimum Gasteiger partial charge on any atom is -0.466 e. The van der Waals surface area contributed by atoms with Crippen molar-refractivity contribution in [1.29, 1.82) is 0 Å². The van der Waals surface area contributed by atoms with Gasteiger partial charge in [0.1, 0.15) is 11.6 Å². The Morgan fingerprint density at radius 1 is 1.06 bits per heavy atom. The van der Waals surface area contributed by atoms with Crippen LogP contribution in [0.25, 0.3) is 11.3 Å². The van der Waals surface area contributed by atoms with Crippen LogP contribution in [-0.2, 0) is 19.6 Å². The van der Waals surface area contributed by atoms with E-state index >= 15 is 0 Å². The van der Waals surface area contributed by atoms with Crippen LogP contribution in [-0.4, -0.2) is 44.1 Å². The highest BCUT2D eigenvalue weighted by Gasteiger charge is 2.24. The molecule has 1 saturated heterocycles. The quantitative estimate of drug-likeness (QED) is 0.431. The van der Waals surface area contributed by atoms with Crippen molar-refractivity contribution in [3.05, 3.63) is 64.7 Å². The lowest BCUT2D eigenvalue weighted by Crippen LogP contribution is -2.36. The van der Waals surface area contributed by atoms with E-state index in [2.05, 4.69) is 14.7 Å². The number of esters is 1. The first kappa shape index (κ1) is 25.9. The third-order valence-electron chi connectivity index (χ3n) is 6.25. The third-order valence-corrected chi connectivity index (χ3v) is 7.81. The Labute approximate surface area is 216 Å². The number of hydrogen-bond donors (Lipinski definition) is 1. The van der Waals surface area contributed by atoms with E-state index in [1.165, 1.54) is 19.1 Å². The molecule has 0 radical (unpaired) electrons. The predicted octanol–water partition coefficient (Wildman–Crippen LogP) is 4.99. The smallest absolute Gasteiger partial charge is 0.302 e. The number of aromatic nitrogens is 2. The molecule has 1 aromatic carbocycles. The second-order valence-corrected chi connectivity index (χ2v) is 11.0. The molecule has 1 N–H and O–H groups in total. The van der Waals surface area contributed by atoms with Crippen molar-refractivity contribution in [2.75, 3.05) is 29.3 Å². The number of carbonyl (C=O) groups is 1. The Balaban J connectivity index is 1.52. The first-order valence-electron chi connectivity index (χ1n) is 11.8. The normalized spacial score (nSPS) is 14.5. The maximum Gasteiger partial charge on any atom is 0.302 e. The monoisotopic (exact) mass is 528 g/mol. The van der Waals surface area contributed by atoms with Gasteiger partial charge >= 0.3 is 5.97 Å². The second-order valence-electron chi connectivity index (χ2n) is 8.97. The summed E-state index contributed by atoms with van der Waals surface area (Å²) in [5.41, 5.74) is 3.39. The summed E-state index contributed by atoms with van der Waals surface area (Å²) in [6, 6.07) is 14.0. The predicted molar refractivity (Wildman–Crippen MR) is 141 cm³/mol. The van der Waals surface area contributed by atoms with Crippen molar-refractivity contribution in [1.82, 2.24) is 9.97 Å². The first-order valence-corrected chi connectivity index (χ1v) is 13.6. The van der Waals surface area contributed by atoms with Crippen LogP contribution in [0.2, 0.25) is 5.02 Å². The Bertz CT molecular complexity index is 1350. The molecule has 0 bridgehead atoms. The summed E-state index contributed by atoms with van der Waals surface area (Å²) in [7, 11) is -3.99. The van der Waals surface area contributed by atoms with Crippen molar-refractivity contribution in [3.63, 3.8) is 0 Å². The van der Waals surface area contributed by atoms with E-state index in [1.54, 1.807) is 18.2 Å². The van der Waals surface area contributed by atoms with Crippen molar-refractivity contribution >= 4 is 39.2 Å². The summed E-state index contributed by atoms with van der Waals surface area (Å²) in [6.07, 6.45) is 1.67. The van der Waals surface area contributed by atoms with E-state index in [1.807, 2.05) is 36.9 Å². The summed E-state index contributed by atoms with van der Waals surface area (Å²) < 4.78 is 34.1. The van der Waals surface area contributed by atoms with Gasteiger partial charge in [-0.15, -0.1) is 0 Å². The maximum absolute atomic E-state index is 13.2. The standard InChI is InChI=1S/C26H29ClN4O4S/c1-17-6-4-7-18(2)25(17)26-21(27)10-11-22(28-26)30-36(33,34)24-9-5-8-23(29-24)31-14-12-20(13-15-31)16-35-19(3)32/h4-11,20H,12-16H2,1-3H3,(H,28,30). The maximum atomic E-state index is 13.2. The van der Waals surface area contributed by atoms with E-state index in [9.17, 15) is 13.2 Å². The number of ether oxygens (including phenoxy) is 1. The molecule has 1 aliphatic heterocycles. The molecule has 10 heteroatoms. The van der Waals surface area contributed by atoms with Gasteiger partial charge in [0.05, 0.1) is 17.3 Å². The molecular weight excluding hydrogens is 500 g/mol. The molecule has 0 atom stereocenters. The minimum absolute atomic E-state index is 0.0904. The molecule has 4 rings (SSSR count). The third kappa shape index (κ3) is 5.96. The largest absolute Gasteiger partial charge is 0.466 e. The van der Waals surface area contributed by atoms with Gasteiger partial charge in [-0.25, -0.2) is 9.97 Å². The highest BCUT2D eigenvalue weighted by Crippen LogP contribution is 2.33. The molecule has 0 amide bonds. The average Bonchev–Trinajstić information content (AvgIpc) is 2.85. The Morgan fingerprint density at radius 2 is 1.72 bits per heavy atom. The summed E-state index contributed by atoms with van der Waals surface area (Å²) >= 11 is 6.43. The number of hydrogen-bond acceptors (Lipinski definition) is 7. The van der Waals surface area contributed by atoms with Crippen molar-refractivity contribution in [2.45, 2.75) is 38.6 Å². The van der Waals surface area contributed by atoms with Gasteiger partial charge in [-0.2, -0.15) is 8.42 Å². The van der Waals surface area contributed by atoms with E-state index in [0.717, 1.165) is 29.5 Å². The van der Waals surface area contributed by atoms with Crippen LogP contribution >= 0.6 is 11.6 Å². The van der Waals surface area contributed by atoms with Crippen LogP contribution < -0.4 is 9.62 Å². The Morgan fingerprint density at radius 3 is 2.39 bits per heavy atom. The van der Waals surface area contributed by atoms with Crippen LogP contribution in [0.3, 0.4) is 0 Å². The molecule has 1 fully saturated rings. The summed E-state index contributed by atoms with van der Waals surface area (Å²) in [4.78, 5) is 22.1. The average molecular weight is 529 g/mol. The van der Waals surface area contributed by atoms with Gasteiger partial charge in [0.2, 0.25) is 0 Å². The van der Waals surface area contributed by atoms with Crippen LogP contribution in [0.1, 0.15) is 30.9 Å². The molecule has 2 aromatic heterocycles. The van der Waals surface area contributed by atoms with Gasteiger partial charge in [-0.3, -0.25) is 9.52 Å². The number of anilines is 2. The second kappa shape index (κ2) is 10.8. The number of nitrogens with zero attached hydrogens (tertiary/aromatic N) is 3. The van der Waals surface area contributed by atoms with Crippen LogP contribution in [0.5, 0.6) is 0 Å². The number of carbonyl (C=O) groups excluding carboxylic acids is 1. The van der Waals surface area contributed by atoms with E-state index in [4.69, 9.17) is 16.3 Å². The highest BCUT2D eigenvalue weighted by molar-refractivity contribution is 7.92. The molecular formula is C26H29ClN4O4S. The fraction of sp³-hybridized carbons (Fsp3) is 0.346. The number of sulfonamides is 1. The summed E-state index contributed by atoms with van der Waals surface area (Å²) in [5, 5.41) is 0.347. The zero-order valence-electron chi connectivity index (χ0n) is 20.5. The number of halogens is 1. The molecule has 0 saturated carbocycles. The molecule has 0 aliphatic carbocycles. The molecule has 8 nitrogen and oxygen atoms in total. The highest BCUT2D eigenvalue weighted by atomic mass is 35.5. The fourth-order valence-corrected chi connectivity index (χ4v) is 5.51. The number of nitrogens with one attached hydrogen (secondary N) is 1. The SMILES string of the molecule is CC(=O)OCC1CCN(c2cccc(S(=O)(=O)Nc3ccc(Cl)c(-c4c(C)cccc4C)n3)n2)CC1. The number of benzene rings is 1. The van der Waals surface area contributed by atoms with Crippen LogP contribution in [0.15, 0.2) is 53.6 Å². The van der Waals surface area contributed by atoms with Crippen molar-refractivity contribution in [3.8, 4) is 11.3 Å². The fourth-order valence-electron chi connectivity index (χ4n) is 4.35. The van der Waals surface area contributed by atoms with Crippen molar-refractivity contribution in [2.24, 2.45) is 5.92 Å². The van der Waals surface area contributed by atoms with Crippen LogP contribution in [0, 0.1) is 19.8 Å². The van der Waals surface area contributed by atoms with Crippen LogP contribution in [0.4, 0.5) is 11.6 Å². The zero-order chi connectivity index (χ0) is 25.9. The Hall–Kier alpha value is -3.17. The van der Waals surface area contributed by atoms with Gasteiger partial charge in [0.25, 0.3) is 10.0 Å². The number of rotatable bonds is 7. The number of pyridine rings is 2.